The number of carbonyl (C=O) groups is 1. The third-order valence-corrected chi connectivity index (χ3v) is 5.66. The van der Waals surface area contributed by atoms with Crippen molar-refractivity contribution in [1.82, 2.24) is 4.98 Å². The monoisotopic (exact) mass is 425 g/mol. The van der Waals surface area contributed by atoms with E-state index in [1.807, 2.05) is 56.3 Å². The Morgan fingerprint density at radius 1 is 1.23 bits per heavy atom. The molecule has 0 fully saturated rings. The molecule has 0 spiro atoms. The second kappa shape index (κ2) is 7.90. The van der Waals surface area contributed by atoms with Crippen molar-refractivity contribution in [2.45, 2.75) is 18.9 Å². The van der Waals surface area contributed by atoms with E-state index in [0.717, 1.165) is 32.2 Å². The van der Waals surface area contributed by atoms with Gasteiger partial charge in [0, 0.05) is 9.86 Å². The zero-order valence-corrected chi connectivity index (χ0v) is 16.7. The van der Waals surface area contributed by atoms with Crippen molar-refractivity contribution in [3.8, 4) is 6.07 Å². The van der Waals surface area contributed by atoms with Gasteiger partial charge in [0.15, 0.2) is 0 Å². The highest BCUT2D eigenvalue weighted by molar-refractivity contribution is 9.10. The van der Waals surface area contributed by atoms with Gasteiger partial charge in [-0.15, -0.1) is 0 Å². The molecule has 0 atom stereocenters. The molecular weight excluding hydrogens is 410 g/mol. The van der Waals surface area contributed by atoms with Crippen LogP contribution in [0.3, 0.4) is 0 Å². The number of hydrogen-bond acceptors (Lipinski definition) is 4. The lowest BCUT2D eigenvalue weighted by Crippen LogP contribution is -2.14. The minimum atomic E-state index is -0.145. The van der Waals surface area contributed by atoms with E-state index in [1.54, 1.807) is 0 Å². The molecule has 0 bridgehead atoms. The van der Waals surface area contributed by atoms with Gasteiger partial charge in [-0.25, -0.2) is 4.98 Å². The number of nitrogens with one attached hydrogen (secondary N) is 1. The molecule has 1 heterocycles. The average molecular weight is 426 g/mol. The lowest BCUT2D eigenvalue weighted by atomic mass is 10.0. The first-order valence-corrected chi connectivity index (χ1v) is 9.75. The van der Waals surface area contributed by atoms with Gasteiger partial charge in [0.1, 0.15) is 11.1 Å². The van der Waals surface area contributed by atoms with Crippen LogP contribution in [-0.2, 0) is 4.79 Å². The van der Waals surface area contributed by atoms with Crippen LogP contribution in [0.2, 0.25) is 0 Å². The summed E-state index contributed by atoms with van der Waals surface area (Å²) in [6, 6.07) is 15.5. The fraction of sp³-hybridized carbons (Fsp3) is 0.150. The number of rotatable bonds is 4. The van der Waals surface area contributed by atoms with Crippen molar-refractivity contribution in [2.24, 2.45) is 0 Å². The van der Waals surface area contributed by atoms with Gasteiger partial charge in [-0.3, -0.25) is 4.79 Å². The largest absolute Gasteiger partial charge is 0.324 e. The van der Waals surface area contributed by atoms with E-state index < -0.39 is 0 Å². The first kappa shape index (κ1) is 18.4. The van der Waals surface area contributed by atoms with Crippen LogP contribution in [0.5, 0.6) is 0 Å². The summed E-state index contributed by atoms with van der Waals surface area (Å²) in [5.41, 5.74) is 4.21. The molecule has 0 aliphatic rings. The van der Waals surface area contributed by atoms with Gasteiger partial charge in [-0.1, -0.05) is 36.0 Å². The number of anilines is 1. The highest BCUT2D eigenvalue weighted by Crippen LogP contribution is 2.28. The molecule has 3 aromatic rings. The molecule has 1 N–H and O–H groups in total. The molecular formula is C20H16BrN3OS. The number of carbonyl (C=O) groups excluding carboxylic acids is 1. The van der Waals surface area contributed by atoms with Crippen LogP contribution in [-0.4, -0.2) is 16.6 Å². The van der Waals surface area contributed by atoms with Crippen LogP contribution < -0.4 is 5.32 Å². The van der Waals surface area contributed by atoms with Gasteiger partial charge in [0.25, 0.3) is 0 Å². The molecule has 0 saturated carbocycles. The SMILES string of the molecule is Cc1ccc(C)c2nc(SCC(=O)Nc3ccccc3Br)c(C#N)cc12. The molecule has 0 aliphatic carbocycles. The van der Waals surface area contributed by atoms with Gasteiger partial charge in [-0.2, -0.15) is 5.26 Å². The van der Waals surface area contributed by atoms with Crippen molar-refractivity contribution < 1.29 is 4.79 Å². The number of aryl methyl sites for hydroxylation is 2. The van der Waals surface area contributed by atoms with Gasteiger partial charge in [0.05, 0.1) is 22.5 Å². The summed E-state index contributed by atoms with van der Waals surface area (Å²) in [7, 11) is 0. The number of pyridine rings is 1. The van der Waals surface area contributed by atoms with Gasteiger partial charge >= 0.3 is 0 Å². The predicted molar refractivity (Wildman–Crippen MR) is 109 cm³/mol. The first-order valence-electron chi connectivity index (χ1n) is 7.98. The molecule has 0 unspecified atom stereocenters. The van der Waals surface area contributed by atoms with Crippen LogP contribution in [0.1, 0.15) is 16.7 Å². The number of nitrogens with zero attached hydrogens (tertiary/aromatic N) is 2. The average Bonchev–Trinajstić information content (AvgIpc) is 2.64. The Labute approximate surface area is 164 Å². The zero-order chi connectivity index (χ0) is 18.7. The summed E-state index contributed by atoms with van der Waals surface area (Å²) in [4.78, 5) is 16.9. The molecule has 6 heteroatoms. The van der Waals surface area contributed by atoms with E-state index >= 15 is 0 Å². The third-order valence-electron chi connectivity index (χ3n) is 3.98. The van der Waals surface area contributed by atoms with Crippen molar-refractivity contribution >= 4 is 50.2 Å². The van der Waals surface area contributed by atoms with E-state index in [9.17, 15) is 10.1 Å². The van der Waals surface area contributed by atoms with Gasteiger partial charge in [-0.05, 0) is 59.1 Å². The Bertz CT molecular complexity index is 1040. The maximum atomic E-state index is 12.3. The lowest BCUT2D eigenvalue weighted by Gasteiger charge is -2.10. The summed E-state index contributed by atoms with van der Waals surface area (Å²) >= 11 is 4.68. The normalized spacial score (nSPS) is 10.5. The second-order valence-corrected chi connectivity index (χ2v) is 7.68. The number of aromatic nitrogens is 1. The van der Waals surface area contributed by atoms with Gasteiger partial charge < -0.3 is 5.32 Å². The number of halogens is 1. The first-order chi connectivity index (χ1) is 12.5. The summed E-state index contributed by atoms with van der Waals surface area (Å²) in [5.74, 6) is 0.0352. The van der Waals surface area contributed by atoms with E-state index in [4.69, 9.17) is 0 Å². The number of amides is 1. The molecule has 4 nitrogen and oxygen atoms in total. The standard InChI is InChI=1S/C20H16BrN3OS/c1-12-7-8-13(2)19-15(12)9-14(10-22)20(24-19)26-11-18(25)23-17-6-4-3-5-16(17)21/h3-9H,11H2,1-2H3,(H,23,25). The molecule has 1 amide bonds. The molecule has 2 aromatic carbocycles. The Hall–Kier alpha value is -2.36. The fourth-order valence-corrected chi connectivity index (χ4v) is 3.73. The molecule has 0 saturated heterocycles. The number of fused-ring (bicyclic) bond motifs is 1. The summed E-state index contributed by atoms with van der Waals surface area (Å²) < 4.78 is 0.825. The van der Waals surface area contributed by atoms with Crippen LogP contribution in [0.15, 0.2) is 52.0 Å². The van der Waals surface area contributed by atoms with E-state index in [-0.39, 0.29) is 11.7 Å². The highest BCUT2D eigenvalue weighted by atomic mass is 79.9. The Kier molecular flexibility index (Phi) is 5.60. The van der Waals surface area contributed by atoms with E-state index in [0.29, 0.717) is 10.6 Å². The zero-order valence-electron chi connectivity index (χ0n) is 14.3. The molecule has 0 aliphatic heterocycles. The smallest absolute Gasteiger partial charge is 0.234 e. The Balaban J connectivity index is 1.82. The minimum absolute atomic E-state index is 0.145. The maximum absolute atomic E-state index is 12.3. The molecule has 0 radical (unpaired) electrons. The van der Waals surface area contributed by atoms with Crippen molar-refractivity contribution in [1.29, 1.82) is 5.26 Å². The molecule has 3 rings (SSSR count). The van der Waals surface area contributed by atoms with Crippen molar-refractivity contribution in [3.05, 3.63) is 63.6 Å². The Morgan fingerprint density at radius 3 is 2.69 bits per heavy atom. The number of hydrogen-bond donors (Lipinski definition) is 1. The second-order valence-electron chi connectivity index (χ2n) is 5.87. The maximum Gasteiger partial charge on any atom is 0.234 e. The van der Waals surface area contributed by atoms with Crippen LogP contribution in [0.4, 0.5) is 5.69 Å². The van der Waals surface area contributed by atoms with Crippen molar-refractivity contribution in [2.75, 3.05) is 11.1 Å². The summed E-state index contributed by atoms with van der Waals surface area (Å²) in [5, 5.41) is 13.9. The predicted octanol–water partition coefficient (Wildman–Crippen LogP) is 5.22. The van der Waals surface area contributed by atoms with Crippen LogP contribution in [0.25, 0.3) is 10.9 Å². The highest BCUT2D eigenvalue weighted by Gasteiger charge is 2.13. The number of nitriles is 1. The number of para-hydroxylation sites is 1. The third kappa shape index (κ3) is 3.90. The molecule has 1 aromatic heterocycles. The van der Waals surface area contributed by atoms with Crippen LogP contribution >= 0.6 is 27.7 Å². The lowest BCUT2D eigenvalue weighted by molar-refractivity contribution is -0.113. The fourth-order valence-electron chi connectivity index (χ4n) is 2.59. The Morgan fingerprint density at radius 2 is 1.96 bits per heavy atom. The quantitative estimate of drug-likeness (QED) is 0.582. The topological polar surface area (TPSA) is 65.8 Å². The molecule has 130 valence electrons. The van der Waals surface area contributed by atoms with Crippen LogP contribution in [0, 0.1) is 25.2 Å². The summed E-state index contributed by atoms with van der Waals surface area (Å²) in [6.45, 7) is 4.00. The summed E-state index contributed by atoms with van der Waals surface area (Å²) in [6.07, 6.45) is 0. The number of thioether (sulfide) groups is 1. The minimum Gasteiger partial charge on any atom is -0.324 e. The van der Waals surface area contributed by atoms with Gasteiger partial charge in [0.2, 0.25) is 5.91 Å². The van der Waals surface area contributed by atoms with E-state index in [1.165, 1.54) is 11.8 Å². The molecule has 26 heavy (non-hydrogen) atoms. The van der Waals surface area contributed by atoms with Crippen molar-refractivity contribution in [3.63, 3.8) is 0 Å². The number of benzene rings is 2. The van der Waals surface area contributed by atoms with E-state index in [2.05, 4.69) is 32.3 Å².